The van der Waals surface area contributed by atoms with Crippen LogP contribution in [0.4, 0.5) is 36.4 Å². The van der Waals surface area contributed by atoms with Gasteiger partial charge in [0.1, 0.15) is 12.2 Å². The van der Waals surface area contributed by atoms with Crippen LogP contribution < -0.4 is 0 Å². The predicted molar refractivity (Wildman–Crippen MR) is 86.1 cm³/mol. The van der Waals surface area contributed by atoms with Crippen LogP contribution in [0.3, 0.4) is 0 Å². The first-order valence-corrected chi connectivity index (χ1v) is 9.48. The molecule has 4 nitrogen and oxygen atoms in total. The Balaban J connectivity index is 2.39. The normalized spacial score (nSPS) is 18.5. The summed E-state index contributed by atoms with van der Waals surface area (Å²) in [5, 5.41) is -1.03. The maximum atomic E-state index is 14.0. The first kappa shape index (κ1) is 22.1. The van der Waals surface area contributed by atoms with Crippen molar-refractivity contribution < 1.29 is 40.1 Å². The van der Waals surface area contributed by atoms with E-state index in [9.17, 15) is 40.1 Å². The lowest BCUT2D eigenvalue weighted by molar-refractivity contribution is -0.150. The second kappa shape index (κ2) is 8.05. The molecule has 1 aliphatic heterocycles. The van der Waals surface area contributed by atoms with E-state index in [1.807, 2.05) is 0 Å². The second-order valence-corrected chi connectivity index (χ2v) is 7.89. The van der Waals surface area contributed by atoms with E-state index in [0.29, 0.717) is 23.9 Å². The molecule has 0 N–H and O–H groups in total. The molecule has 0 radical (unpaired) electrons. The van der Waals surface area contributed by atoms with E-state index in [1.54, 1.807) is 0 Å². The molecule has 1 aliphatic rings. The number of hydrogen-bond donors (Lipinski definition) is 0. The van der Waals surface area contributed by atoms with Gasteiger partial charge in [0.15, 0.2) is 15.9 Å². The summed E-state index contributed by atoms with van der Waals surface area (Å²) in [6.07, 6.45) is -9.52. The van der Waals surface area contributed by atoms with Crippen molar-refractivity contribution in [3.63, 3.8) is 0 Å². The Hall–Kier alpha value is -1.18. The molecule has 14 heteroatoms. The highest BCUT2D eigenvalue weighted by Crippen LogP contribution is 2.34. The molecule has 1 saturated heterocycles. The van der Waals surface area contributed by atoms with Gasteiger partial charge in [-0.25, -0.2) is 9.38 Å². The van der Waals surface area contributed by atoms with Gasteiger partial charge in [0.05, 0.1) is 10.8 Å². The van der Waals surface area contributed by atoms with Gasteiger partial charge in [-0.05, 0) is 17.2 Å². The number of alkyl halides is 6. The van der Waals surface area contributed by atoms with Crippen molar-refractivity contribution in [1.82, 2.24) is 4.90 Å². The molecule has 0 bridgehead atoms. The molecule has 1 atom stereocenters. The Morgan fingerprint density at radius 2 is 1.85 bits per heavy atom. The van der Waals surface area contributed by atoms with E-state index >= 15 is 0 Å². The summed E-state index contributed by atoms with van der Waals surface area (Å²) in [6.45, 7) is -1.65. The average Bonchev–Trinajstić information content (AvgIpc) is 2.79. The van der Waals surface area contributed by atoms with Crippen LogP contribution in [0.2, 0.25) is 5.02 Å². The Morgan fingerprint density at radius 1 is 1.22 bits per heavy atom. The van der Waals surface area contributed by atoms with Crippen molar-refractivity contribution in [1.29, 1.82) is 0 Å². The third-order valence-electron chi connectivity index (χ3n) is 2.95. The highest BCUT2D eigenvalue weighted by atomic mass is 35.5. The zero-order chi connectivity index (χ0) is 20.6. The summed E-state index contributed by atoms with van der Waals surface area (Å²) in [6, 6.07) is 1.21. The van der Waals surface area contributed by atoms with E-state index in [0.717, 1.165) is 0 Å². The van der Waals surface area contributed by atoms with Gasteiger partial charge in [0, 0.05) is 6.07 Å². The lowest BCUT2D eigenvalue weighted by atomic mass is 10.3. The van der Waals surface area contributed by atoms with Gasteiger partial charge in [-0.1, -0.05) is 23.4 Å². The number of rotatable bonds is 4. The Kier molecular flexibility index (Phi) is 6.59. The van der Waals surface area contributed by atoms with Crippen molar-refractivity contribution in [2.24, 2.45) is 4.99 Å². The van der Waals surface area contributed by atoms with Crippen molar-refractivity contribution in [3.05, 3.63) is 23.0 Å². The summed E-state index contributed by atoms with van der Waals surface area (Å²) in [5.41, 5.74) is -0.686. The highest BCUT2D eigenvalue weighted by Gasteiger charge is 2.39. The molecule has 27 heavy (non-hydrogen) atoms. The van der Waals surface area contributed by atoms with E-state index in [2.05, 4.69) is 4.99 Å². The Bertz CT molecular complexity index is 770. The largest absolute Gasteiger partial charge is 0.611 e. The molecular weight excluding hydrogens is 449 g/mol. The van der Waals surface area contributed by atoms with Crippen LogP contribution >= 0.6 is 23.4 Å². The quantitative estimate of drug-likeness (QED) is 0.502. The molecule has 0 aliphatic carbocycles. The van der Waals surface area contributed by atoms with Crippen LogP contribution in [-0.4, -0.2) is 50.9 Å². The Labute approximate surface area is 159 Å². The minimum Gasteiger partial charge on any atom is -0.611 e. The molecule has 150 valence electrons. The number of hydrogen-bond acceptors (Lipinski definition) is 4. The molecule has 0 spiro atoms. The van der Waals surface area contributed by atoms with Gasteiger partial charge in [-0.15, -0.1) is 0 Å². The smallest absolute Gasteiger partial charge is 0.433 e. The standard InChI is InChI=1S/C13H8ClF7N2O2S2/c14-6-1-7(15)8(2-9(6)27(25)5-13(19,20)21)22-11-23(4-12(16,17)18)10(24)3-26-11/h1-2H,3-5H2/b22-11-. The summed E-state index contributed by atoms with van der Waals surface area (Å²) in [5.74, 6) is -4.18. The van der Waals surface area contributed by atoms with E-state index < -0.39 is 68.3 Å². The van der Waals surface area contributed by atoms with Crippen LogP contribution in [0.5, 0.6) is 0 Å². The second-order valence-electron chi connectivity index (χ2n) is 5.12. The number of aliphatic imine (C=N–C) groups is 1. The third-order valence-corrected chi connectivity index (χ3v) is 5.76. The first-order chi connectivity index (χ1) is 12.3. The summed E-state index contributed by atoms with van der Waals surface area (Å²) in [4.78, 5) is 14.9. The molecular formula is C13H8ClF7N2O2S2. The van der Waals surface area contributed by atoms with Crippen molar-refractivity contribution in [2.75, 3.05) is 18.1 Å². The van der Waals surface area contributed by atoms with Crippen molar-refractivity contribution in [3.8, 4) is 0 Å². The van der Waals surface area contributed by atoms with Gasteiger partial charge in [0.25, 0.3) is 0 Å². The highest BCUT2D eigenvalue weighted by molar-refractivity contribution is 8.15. The number of benzene rings is 1. The minimum absolute atomic E-state index is 0.283. The minimum atomic E-state index is -4.79. The number of amidine groups is 1. The molecule has 1 unspecified atom stereocenters. The average molecular weight is 457 g/mol. The van der Waals surface area contributed by atoms with E-state index in [1.165, 1.54) is 0 Å². The zero-order valence-electron chi connectivity index (χ0n) is 12.8. The lowest BCUT2D eigenvalue weighted by Crippen LogP contribution is -2.38. The molecule has 0 saturated carbocycles. The number of nitrogens with zero attached hydrogens (tertiary/aromatic N) is 2. The fourth-order valence-electron chi connectivity index (χ4n) is 1.92. The predicted octanol–water partition coefficient (Wildman–Crippen LogP) is 4.27. The monoisotopic (exact) mass is 456 g/mol. The topological polar surface area (TPSA) is 55.7 Å². The van der Waals surface area contributed by atoms with Gasteiger partial charge >= 0.3 is 12.4 Å². The van der Waals surface area contributed by atoms with Crippen molar-refractivity contribution in [2.45, 2.75) is 17.2 Å². The van der Waals surface area contributed by atoms with Crippen LogP contribution in [0.15, 0.2) is 22.0 Å². The van der Waals surface area contributed by atoms with Crippen LogP contribution in [0.1, 0.15) is 0 Å². The van der Waals surface area contributed by atoms with Gasteiger partial charge in [-0.2, -0.15) is 26.3 Å². The van der Waals surface area contributed by atoms with E-state index in [-0.39, 0.29) is 10.7 Å². The van der Waals surface area contributed by atoms with E-state index in [4.69, 9.17) is 11.6 Å². The summed E-state index contributed by atoms with van der Waals surface area (Å²) < 4.78 is 101. The summed E-state index contributed by atoms with van der Waals surface area (Å²) in [7, 11) is 0. The third kappa shape index (κ3) is 6.16. The molecule has 1 aromatic rings. The first-order valence-electron chi connectivity index (χ1n) is 6.79. The lowest BCUT2D eigenvalue weighted by Gasteiger charge is -2.18. The number of carbonyl (C=O) groups is 1. The molecule has 1 aromatic carbocycles. The fourth-order valence-corrected chi connectivity index (χ4v) is 4.20. The zero-order valence-corrected chi connectivity index (χ0v) is 15.2. The summed E-state index contributed by atoms with van der Waals surface area (Å²) >= 11 is 3.54. The van der Waals surface area contributed by atoms with Gasteiger partial charge in [0.2, 0.25) is 11.7 Å². The van der Waals surface area contributed by atoms with Crippen LogP contribution in [0.25, 0.3) is 0 Å². The van der Waals surface area contributed by atoms with Gasteiger partial charge < -0.3 is 4.55 Å². The molecule has 1 heterocycles. The fraction of sp³-hybridized carbons (Fsp3) is 0.385. The Morgan fingerprint density at radius 3 is 2.41 bits per heavy atom. The number of carbonyl (C=O) groups excluding carboxylic acids is 1. The number of thioether (sulfide) groups is 1. The molecule has 2 rings (SSSR count). The molecule has 1 amide bonds. The maximum Gasteiger partial charge on any atom is 0.433 e. The van der Waals surface area contributed by atoms with Crippen LogP contribution in [-0.2, 0) is 16.0 Å². The van der Waals surface area contributed by atoms with Crippen LogP contribution in [0, 0.1) is 5.82 Å². The number of halogens is 8. The van der Waals surface area contributed by atoms with Crippen molar-refractivity contribution >= 4 is 51.3 Å². The molecule has 1 fully saturated rings. The SMILES string of the molecule is O=C1CS/C(=N\c2cc([S+]([O-])CC(F)(F)F)c(Cl)cc2F)N1CC(F)(F)F. The maximum absolute atomic E-state index is 14.0. The van der Waals surface area contributed by atoms with Gasteiger partial charge in [-0.3, -0.25) is 9.69 Å². The number of amides is 1. The molecule has 0 aromatic heterocycles.